The van der Waals surface area contributed by atoms with Crippen molar-refractivity contribution in [3.8, 4) is 5.75 Å². The van der Waals surface area contributed by atoms with Gasteiger partial charge in [-0.1, -0.05) is 85.3 Å². The molecule has 258 valence electrons. The number of amides is 2. The molecule has 0 saturated carbocycles. The first-order valence-electron chi connectivity index (χ1n) is 16.4. The molecular formula is C36H45ClN4O6S. The molecule has 0 spiro atoms. The molecule has 0 bridgehead atoms. The number of halogens is 1. The normalized spacial score (nSPS) is 11.2. The number of carbonyl (C=O) groups excluding carboxylic acids is 2. The van der Waals surface area contributed by atoms with Gasteiger partial charge in [-0.05, 0) is 60.8 Å². The van der Waals surface area contributed by atoms with Crippen molar-refractivity contribution in [2.75, 3.05) is 59.0 Å². The zero-order chi connectivity index (χ0) is 34.3. The molecule has 1 heterocycles. The Labute approximate surface area is 290 Å². The van der Waals surface area contributed by atoms with Crippen LogP contribution in [0, 0.1) is 0 Å². The summed E-state index contributed by atoms with van der Waals surface area (Å²) in [5, 5.41) is 10.9. The van der Waals surface area contributed by atoms with E-state index in [2.05, 4.69) is 23.7 Å². The summed E-state index contributed by atoms with van der Waals surface area (Å²) >= 11 is 7.11. The van der Waals surface area contributed by atoms with E-state index >= 15 is 0 Å². The van der Waals surface area contributed by atoms with Gasteiger partial charge in [0.25, 0.3) is 0 Å². The van der Waals surface area contributed by atoms with Crippen molar-refractivity contribution < 1.29 is 24.2 Å². The molecule has 2 amide bonds. The maximum atomic E-state index is 13.5. The number of aromatic nitrogens is 1. The van der Waals surface area contributed by atoms with Gasteiger partial charge >= 0.3 is 11.0 Å². The van der Waals surface area contributed by atoms with Gasteiger partial charge in [-0.15, -0.1) is 0 Å². The fourth-order valence-electron chi connectivity index (χ4n) is 5.34. The molecule has 4 aromatic rings. The second-order valence-corrected chi connectivity index (χ2v) is 12.8. The van der Waals surface area contributed by atoms with Crippen LogP contribution in [-0.2, 0) is 33.7 Å². The molecule has 0 saturated heterocycles. The van der Waals surface area contributed by atoms with Crippen LogP contribution >= 0.6 is 22.9 Å². The summed E-state index contributed by atoms with van der Waals surface area (Å²) in [4.78, 5) is 47.1. The van der Waals surface area contributed by atoms with Crippen LogP contribution in [0.15, 0.2) is 71.5 Å². The van der Waals surface area contributed by atoms with Crippen molar-refractivity contribution in [1.82, 2.24) is 19.7 Å². The van der Waals surface area contributed by atoms with Crippen molar-refractivity contribution >= 4 is 45.2 Å². The third-order valence-electron chi connectivity index (χ3n) is 8.21. The molecule has 10 nitrogen and oxygen atoms in total. The van der Waals surface area contributed by atoms with Crippen LogP contribution in [0.25, 0.3) is 10.2 Å². The summed E-state index contributed by atoms with van der Waals surface area (Å²) in [6, 6.07) is 20.4. The van der Waals surface area contributed by atoms with Gasteiger partial charge in [-0.2, -0.15) is 0 Å². The maximum absolute atomic E-state index is 13.5. The fourth-order valence-corrected chi connectivity index (χ4v) is 6.45. The lowest BCUT2D eigenvalue weighted by atomic mass is 10.1. The Morgan fingerprint density at radius 3 is 2.33 bits per heavy atom. The molecular weight excluding hydrogens is 652 g/mol. The Morgan fingerprint density at radius 1 is 0.854 bits per heavy atom. The molecule has 0 aliphatic heterocycles. The van der Waals surface area contributed by atoms with E-state index in [4.69, 9.17) is 21.1 Å². The van der Waals surface area contributed by atoms with Crippen molar-refractivity contribution in [1.29, 1.82) is 0 Å². The lowest BCUT2D eigenvalue weighted by Gasteiger charge is -2.29. The Hall–Kier alpha value is -3.90. The lowest BCUT2D eigenvalue weighted by molar-refractivity contribution is -0.132. The molecule has 12 heteroatoms. The van der Waals surface area contributed by atoms with Crippen LogP contribution in [0.3, 0.4) is 0 Å². The number of fused-ring (bicyclic) bond motifs is 1. The van der Waals surface area contributed by atoms with Gasteiger partial charge in [0.2, 0.25) is 5.91 Å². The number of benzene rings is 3. The number of H-pyrrole nitrogens is 1. The number of carbonyl (C=O) groups is 2. The zero-order valence-electron chi connectivity index (χ0n) is 27.7. The van der Waals surface area contributed by atoms with E-state index in [0.717, 1.165) is 41.1 Å². The monoisotopic (exact) mass is 696 g/mol. The van der Waals surface area contributed by atoms with Crippen molar-refractivity contribution in [3.05, 3.63) is 98.1 Å². The summed E-state index contributed by atoms with van der Waals surface area (Å²) in [6.07, 6.45) is 0.868. The molecule has 0 unspecified atom stereocenters. The largest absolute Gasteiger partial charge is 0.506 e. The molecule has 0 aliphatic carbocycles. The number of likely N-dealkylation sites (N-methyl/N-ethyl adjacent to an activating group) is 1. The Kier molecular flexibility index (Phi) is 14.8. The van der Waals surface area contributed by atoms with Crippen LogP contribution in [0.5, 0.6) is 5.75 Å². The van der Waals surface area contributed by atoms with E-state index in [-0.39, 0.29) is 36.1 Å². The Bertz CT molecular complexity index is 1660. The van der Waals surface area contributed by atoms with E-state index in [1.54, 1.807) is 21.9 Å². The average molecular weight is 697 g/mol. The molecule has 4 rings (SSSR count). The minimum Gasteiger partial charge on any atom is -0.506 e. The van der Waals surface area contributed by atoms with Gasteiger partial charge < -0.3 is 34.3 Å². The molecule has 1 aromatic heterocycles. The Morgan fingerprint density at radius 2 is 1.58 bits per heavy atom. The van der Waals surface area contributed by atoms with Gasteiger partial charge in [0.15, 0.2) is 0 Å². The van der Waals surface area contributed by atoms with Crippen molar-refractivity contribution in [2.24, 2.45) is 0 Å². The van der Waals surface area contributed by atoms with Gasteiger partial charge in [0, 0.05) is 37.7 Å². The van der Waals surface area contributed by atoms with Crippen LogP contribution in [0.1, 0.15) is 37.0 Å². The molecule has 0 radical (unpaired) electrons. The highest BCUT2D eigenvalue weighted by molar-refractivity contribution is 7.16. The number of aromatic hydroxyl groups is 1. The first kappa shape index (κ1) is 36.9. The average Bonchev–Trinajstić information content (AvgIpc) is 3.50. The third-order valence-corrected chi connectivity index (χ3v) is 9.40. The van der Waals surface area contributed by atoms with Crippen LogP contribution in [0.2, 0.25) is 5.02 Å². The standard InChI is InChI=1S/C36H45ClN4O6S/c1-3-39(4-2)19-20-40(32(43)17-24-46-23-16-27-11-8-12-30(37)25-27)21-22-41(36(45)47-26-28-9-6-5-7-10-28)18-15-29-13-14-31(42)33-34(29)48-35(44)38-33/h5-14,25,42H,3-4,15-24,26H2,1-2H3,(H,38,44). The molecule has 48 heavy (non-hydrogen) atoms. The van der Waals surface area contributed by atoms with E-state index in [0.29, 0.717) is 67.5 Å². The highest BCUT2D eigenvalue weighted by Gasteiger charge is 2.21. The topological polar surface area (TPSA) is 115 Å². The van der Waals surface area contributed by atoms with Crippen molar-refractivity contribution in [3.63, 3.8) is 0 Å². The summed E-state index contributed by atoms with van der Waals surface area (Å²) in [5.41, 5.74) is 3.17. The minimum absolute atomic E-state index is 0.00188. The second-order valence-electron chi connectivity index (χ2n) is 11.4. The van der Waals surface area contributed by atoms with Gasteiger partial charge in [-0.3, -0.25) is 9.59 Å². The van der Waals surface area contributed by atoms with E-state index in [1.165, 1.54) is 0 Å². The summed E-state index contributed by atoms with van der Waals surface area (Å²) < 4.78 is 12.2. The number of nitrogens with one attached hydrogen (secondary N) is 1. The number of rotatable bonds is 19. The zero-order valence-corrected chi connectivity index (χ0v) is 29.2. The second kappa shape index (κ2) is 19.2. The summed E-state index contributed by atoms with van der Waals surface area (Å²) in [6.45, 7) is 8.94. The van der Waals surface area contributed by atoms with E-state index in [9.17, 15) is 19.5 Å². The predicted octanol–water partition coefficient (Wildman–Crippen LogP) is 5.95. The summed E-state index contributed by atoms with van der Waals surface area (Å²) in [7, 11) is 0. The number of thiazole rings is 1. The molecule has 2 N–H and O–H groups in total. The molecule has 0 fully saturated rings. The lowest BCUT2D eigenvalue weighted by Crippen LogP contribution is -2.45. The smallest absolute Gasteiger partial charge is 0.410 e. The number of phenolic OH excluding ortho intramolecular Hbond substituents is 1. The molecule has 0 aliphatic rings. The van der Waals surface area contributed by atoms with E-state index < -0.39 is 6.09 Å². The number of ether oxygens (including phenoxy) is 2. The number of hydrogen-bond donors (Lipinski definition) is 2. The van der Waals surface area contributed by atoms with E-state index in [1.807, 2.05) is 54.6 Å². The predicted molar refractivity (Wildman–Crippen MR) is 191 cm³/mol. The first-order chi connectivity index (χ1) is 23.3. The SMILES string of the molecule is CCN(CC)CCN(CCN(CCc1ccc(O)c2[nH]c(=O)sc12)C(=O)OCc1ccccc1)C(=O)CCOCCc1cccc(Cl)c1. The molecule has 0 atom stereocenters. The molecule has 3 aromatic carbocycles. The number of phenols is 1. The van der Waals surface area contributed by atoms with Crippen LogP contribution in [-0.4, -0.2) is 95.8 Å². The highest BCUT2D eigenvalue weighted by atomic mass is 35.5. The van der Waals surface area contributed by atoms with Gasteiger partial charge in [0.1, 0.15) is 17.9 Å². The number of hydrogen-bond acceptors (Lipinski definition) is 8. The van der Waals surface area contributed by atoms with Gasteiger partial charge in [-0.25, -0.2) is 4.79 Å². The minimum atomic E-state index is -0.489. The summed E-state index contributed by atoms with van der Waals surface area (Å²) in [5.74, 6) is -0.0399. The first-order valence-corrected chi connectivity index (χ1v) is 17.6. The van der Waals surface area contributed by atoms with Crippen LogP contribution in [0.4, 0.5) is 4.79 Å². The maximum Gasteiger partial charge on any atom is 0.410 e. The fraction of sp³-hybridized carbons (Fsp3) is 0.417. The number of aromatic amines is 1. The van der Waals surface area contributed by atoms with Crippen molar-refractivity contribution in [2.45, 2.75) is 39.7 Å². The highest BCUT2D eigenvalue weighted by Crippen LogP contribution is 2.28. The third kappa shape index (κ3) is 11.4. The van der Waals surface area contributed by atoms with Crippen LogP contribution < -0.4 is 4.87 Å². The quantitative estimate of drug-likeness (QED) is 0.117. The Balaban J connectivity index is 1.41. The number of nitrogens with zero attached hydrogens (tertiary/aromatic N) is 3. The van der Waals surface area contributed by atoms with Gasteiger partial charge in [0.05, 0.1) is 24.3 Å².